The number of nitrogens with zero attached hydrogens (tertiary/aromatic N) is 2. The Morgan fingerprint density at radius 1 is 1.28 bits per heavy atom. The van der Waals surface area contributed by atoms with Gasteiger partial charge < -0.3 is 9.88 Å². The number of fused-ring (bicyclic) bond motifs is 3. The van der Waals surface area contributed by atoms with Gasteiger partial charge in [-0.15, -0.1) is 0 Å². The number of nitrogens with one attached hydrogen (secondary N) is 1. The van der Waals surface area contributed by atoms with Crippen molar-refractivity contribution in [3.63, 3.8) is 0 Å². The third-order valence-corrected chi connectivity index (χ3v) is 5.55. The van der Waals surface area contributed by atoms with Gasteiger partial charge in [0.15, 0.2) is 0 Å². The van der Waals surface area contributed by atoms with Gasteiger partial charge in [-0.1, -0.05) is 30.3 Å². The summed E-state index contributed by atoms with van der Waals surface area (Å²) in [7, 11) is 0. The molecule has 4 rings (SSSR count). The second-order valence-corrected chi connectivity index (χ2v) is 7.20. The maximum Gasteiger partial charge on any atom is 0.254 e. The third-order valence-electron chi connectivity index (χ3n) is 5.55. The summed E-state index contributed by atoms with van der Waals surface area (Å²) < 4.78 is 0. The van der Waals surface area contributed by atoms with Gasteiger partial charge in [-0.2, -0.15) is 0 Å². The molecule has 0 radical (unpaired) electrons. The van der Waals surface area contributed by atoms with E-state index >= 15 is 0 Å². The Morgan fingerprint density at radius 3 is 2.88 bits per heavy atom. The summed E-state index contributed by atoms with van der Waals surface area (Å²) in [6.45, 7) is 3.31. The molecule has 5 nitrogen and oxygen atoms in total. The number of amides is 1. The van der Waals surface area contributed by atoms with Crippen LogP contribution in [0.5, 0.6) is 0 Å². The van der Waals surface area contributed by atoms with Crippen LogP contribution in [-0.2, 0) is 17.6 Å². The lowest BCUT2D eigenvalue weighted by Crippen LogP contribution is -2.29. The number of aryl methyl sites for hydroxylation is 2. The fraction of sp³-hybridized carbons (Fsp3) is 0.450. The first-order valence-electron chi connectivity index (χ1n) is 9.03. The minimum absolute atomic E-state index is 0.00481. The molecule has 2 heterocycles. The Kier molecular flexibility index (Phi) is 4.15. The zero-order chi connectivity index (χ0) is 17.4. The molecule has 2 aliphatic rings. The first kappa shape index (κ1) is 16.1. The van der Waals surface area contributed by atoms with Gasteiger partial charge in [-0.25, -0.2) is 4.98 Å². The van der Waals surface area contributed by atoms with E-state index < -0.39 is 0 Å². The van der Waals surface area contributed by atoms with Crippen LogP contribution in [0.25, 0.3) is 0 Å². The number of rotatable bonds is 3. The molecule has 1 N–H and O–H groups in total. The molecular formula is C20H23N3O2. The highest BCUT2D eigenvalue weighted by molar-refractivity contribution is 5.77. The van der Waals surface area contributed by atoms with E-state index in [0.717, 1.165) is 37.1 Å². The lowest BCUT2D eigenvalue weighted by molar-refractivity contribution is -0.130. The molecule has 1 amide bonds. The van der Waals surface area contributed by atoms with E-state index in [9.17, 15) is 9.59 Å². The molecule has 130 valence electrons. The summed E-state index contributed by atoms with van der Waals surface area (Å²) in [4.78, 5) is 34.2. The van der Waals surface area contributed by atoms with Gasteiger partial charge in [0, 0.05) is 31.0 Å². The van der Waals surface area contributed by atoms with E-state index in [1.165, 1.54) is 5.56 Å². The van der Waals surface area contributed by atoms with Crippen molar-refractivity contribution in [1.29, 1.82) is 0 Å². The average molecular weight is 337 g/mol. The average Bonchev–Trinajstić information content (AvgIpc) is 3.05. The topological polar surface area (TPSA) is 66.1 Å². The Bertz CT molecular complexity index is 844. The summed E-state index contributed by atoms with van der Waals surface area (Å²) in [5.41, 5.74) is 2.94. The quantitative estimate of drug-likeness (QED) is 0.934. The van der Waals surface area contributed by atoms with Crippen LogP contribution in [0.15, 0.2) is 35.1 Å². The first-order chi connectivity index (χ1) is 12.1. The Hall–Kier alpha value is -2.43. The molecule has 0 spiro atoms. The van der Waals surface area contributed by atoms with Crippen molar-refractivity contribution >= 4 is 5.91 Å². The van der Waals surface area contributed by atoms with Crippen LogP contribution in [0, 0.1) is 12.8 Å². The van der Waals surface area contributed by atoms with Crippen molar-refractivity contribution in [2.45, 2.75) is 38.5 Å². The normalized spacial score (nSPS) is 21.7. The zero-order valence-corrected chi connectivity index (χ0v) is 14.5. The molecule has 0 bridgehead atoms. The molecule has 2 aromatic rings. The minimum atomic E-state index is -0.00481. The van der Waals surface area contributed by atoms with Gasteiger partial charge in [0.05, 0.1) is 5.69 Å². The summed E-state index contributed by atoms with van der Waals surface area (Å²) in [5.74, 6) is 1.52. The predicted octanol–water partition coefficient (Wildman–Crippen LogP) is 2.20. The second kappa shape index (κ2) is 6.47. The third kappa shape index (κ3) is 3.11. The molecule has 0 unspecified atom stereocenters. The van der Waals surface area contributed by atoms with E-state index in [1.54, 1.807) is 0 Å². The van der Waals surface area contributed by atoms with Crippen molar-refractivity contribution in [2.24, 2.45) is 5.92 Å². The van der Waals surface area contributed by atoms with Crippen LogP contribution in [0.2, 0.25) is 0 Å². The number of hydrogen-bond donors (Lipinski definition) is 1. The van der Waals surface area contributed by atoms with Crippen LogP contribution in [0.3, 0.4) is 0 Å². The van der Waals surface area contributed by atoms with Crippen LogP contribution in [0.1, 0.15) is 41.4 Å². The SMILES string of the molecule is Cc1nc2c(c(=O)[nH]1)CC[C@@H]1CN(C(=O)CCc3ccccc3)C[C@H]21. The highest BCUT2D eigenvalue weighted by atomic mass is 16.2. The Balaban J connectivity index is 1.47. The van der Waals surface area contributed by atoms with E-state index in [4.69, 9.17) is 0 Å². The lowest BCUT2D eigenvalue weighted by Gasteiger charge is -2.25. The fourth-order valence-electron chi connectivity index (χ4n) is 4.24. The van der Waals surface area contributed by atoms with Crippen LogP contribution >= 0.6 is 0 Å². The van der Waals surface area contributed by atoms with E-state index in [1.807, 2.05) is 30.0 Å². The van der Waals surface area contributed by atoms with E-state index in [-0.39, 0.29) is 17.4 Å². The van der Waals surface area contributed by atoms with Gasteiger partial charge in [-0.05, 0) is 37.7 Å². The molecule has 1 saturated heterocycles. The summed E-state index contributed by atoms with van der Waals surface area (Å²) >= 11 is 0. The van der Waals surface area contributed by atoms with Crippen LogP contribution in [0.4, 0.5) is 0 Å². The second-order valence-electron chi connectivity index (χ2n) is 7.20. The van der Waals surface area contributed by atoms with Crippen LogP contribution in [-0.4, -0.2) is 33.9 Å². The zero-order valence-electron chi connectivity index (χ0n) is 14.5. The number of carbonyl (C=O) groups is 1. The number of benzene rings is 1. The number of likely N-dealkylation sites (tertiary alicyclic amines) is 1. The maximum atomic E-state index is 12.6. The maximum absolute atomic E-state index is 12.6. The summed E-state index contributed by atoms with van der Waals surface area (Å²) in [6.07, 6.45) is 3.05. The molecule has 25 heavy (non-hydrogen) atoms. The van der Waals surface area contributed by atoms with Crippen molar-refractivity contribution in [3.05, 3.63) is 63.3 Å². The highest BCUT2D eigenvalue weighted by Crippen LogP contribution is 2.39. The molecular weight excluding hydrogens is 314 g/mol. The fourth-order valence-corrected chi connectivity index (χ4v) is 4.24. The van der Waals surface area contributed by atoms with Gasteiger partial charge >= 0.3 is 0 Å². The number of aromatic nitrogens is 2. The van der Waals surface area contributed by atoms with Gasteiger partial charge in [0.25, 0.3) is 5.56 Å². The number of hydrogen-bond acceptors (Lipinski definition) is 3. The summed E-state index contributed by atoms with van der Waals surface area (Å²) in [6, 6.07) is 10.1. The van der Waals surface area contributed by atoms with Gasteiger partial charge in [-0.3, -0.25) is 9.59 Å². The lowest BCUT2D eigenvalue weighted by atomic mass is 9.80. The van der Waals surface area contributed by atoms with Crippen molar-refractivity contribution < 1.29 is 4.79 Å². The number of aromatic amines is 1. The monoisotopic (exact) mass is 337 g/mol. The molecule has 1 aliphatic carbocycles. The molecule has 1 fully saturated rings. The highest BCUT2D eigenvalue weighted by Gasteiger charge is 2.40. The Labute approximate surface area is 147 Å². The molecule has 0 saturated carbocycles. The van der Waals surface area contributed by atoms with Crippen molar-refractivity contribution in [1.82, 2.24) is 14.9 Å². The van der Waals surface area contributed by atoms with Crippen molar-refractivity contribution in [3.8, 4) is 0 Å². The smallest absolute Gasteiger partial charge is 0.254 e. The molecule has 1 aromatic carbocycles. The number of H-pyrrole nitrogens is 1. The summed E-state index contributed by atoms with van der Waals surface area (Å²) in [5, 5.41) is 0. The molecule has 5 heteroatoms. The molecule has 1 aromatic heterocycles. The van der Waals surface area contributed by atoms with Gasteiger partial charge in [0.2, 0.25) is 5.91 Å². The van der Waals surface area contributed by atoms with Gasteiger partial charge in [0.1, 0.15) is 5.82 Å². The molecule has 2 atom stereocenters. The Morgan fingerprint density at radius 2 is 2.08 bits per heavy atom. The van der Waals surface area contributed by atoms with Crippen molar-refractivity contribution in [2.75, 3.05) is 13.1 Å². The van der Waals surface area contributed by atoms with Crippen LogP contribution < -0.4 is 5.56 Å². The standard InChI is InChI=1S/C20H23N3O2/c1-13-21-19-16(20(25)22-13)9-8-15-11-23(12-17(15)19)18(24)10-7-14-5-3-2-4-6-14/h2-6,15,17H,7-12H2,1H3,(H,21,22,25)/t15-,17+/m1/s1. The first-order valence-corrected chi connectivity index (χ1v) is 9.03. The minimum Gasteiger partial charge on any atom is -0.342 e. The van der Waals surface area contributed by atoms with E-state index in [0.29, 0.717) is 24.7 Å². The molecule has 1 aliphatic heterocycles. The predicted molar refractivity (Wildman–Crippen MR) is 95.5 cm³/mol. The number of carbonyl (C=O) groups excluding carboxylic acids is 1. The largest absolute Gasteiger partial charge is 0.342 e. The van der Waals surface area contributed by atoms with E-state index in [2.05, 4.69) is 22.1 Å².